The Morgan fingerprint density at radius 3 is 2.29 bits per heavy atom. The van der Waals surface area contributed by atoms with E-state index in [9.17, 15) is 14.4 Å². The predicted octanol–water partition coefficient (Wildman–Crippen LogP) is 1.66. The van der Waals surface area contributed by atoms with Gasteiger partial charge in [0.05, 0.1) is 6.54 Å². The number of hydrogen-bond donors (Lipinski definition) is 3. The van der Waals surface area contributed by atoms with Crippen molar-refractivity contribution in [3.8, 4) is 0 Å². The maximum absolute atomic E-state index is 12.2. The number of thiocarbonyl (C=S) groups is 1. The lowest BCUT2D eigenvalue weighted by molar-refractivity contribution is -0.144. The monoisotopic (exact) mass is 399 g/mol. The maximum Gasteiger partial charge on any atom is 0.415 e. The van der Waals surface area contributed by atoms with Crippen LogP contribution in [0.2, 0.25) is 0 Å². The summed E-state index contributed by atoms with van der Waals surface area (Å²) in [6, 6.07) is 13.5. The molecule has 0 saturated carbocycles. The van der Waals surface area contributed by atoms with E-state index in [2.05, 4.69) is 5.32 Å². The number of carboxylic acids is 1. The number of rotatable bonds is 6. The predicted molar refractivity (Wildman–Crippen MR) is 105 cm³/mol. The number of carbonyl (C=O) groups is 3. The van der Waals surface area contributed by atoms with E-state index in [1.807, 2.05) is 0 Å². The zero-order valence-electron chi connectivity index (χ0n) is 14.6. The molecule has 0 aliphatic carbocycles. The molecule has 9 heteroatoms. The van der Waals surface area contributed by atoms with Crippen molar-refractivity contribution in [2.24, 2.45) is 5.73 Å². The Kier molecular flexibility index (Phi) is 5.55. The molecule has 4 N–H and O–H groups in total. The summed E-state index contributed by atoms with van der Waals surface area (Å²) < 4.78 is 4.79. The van der Waals surface area contributed by atoms with E-state index in [0.717, 1.165) is 5.56 Å². The van der Waals surface area contributed by atoms with Crippen LogP contribution in [-0.4, -0.2) is 40.7 Å². The van der Waals surface area contributed by atoms with Gasteiger partial charge in [-0.1, -0.05) is 36.5 Å². The van der Waals surface area contributed by atoms with Crippen LogP contribution in [-0.2, 0) is 16.1 Å². The molecule has 3 rings (SSSR count). The first-order valence-electron chi connectivity index (χ1n) is 8.33. The number of cyclic esters (lactones) is 1. The summed E-state index contributed by atoms with van der Waals surface area (Å²) in [5.41, 5.74) is 8.05. The van der Waals surface area contributed by atoms with E-state index in [-0.39, 0.29) is 17.4 Å². The standard InChI is InChI=1S/C19H17N3O5S/c20-16(28)12-3-5-13(6-4-12)17(23)21-9-11-1-7-14(8-2-11)22-10-15(18(24)25)27-19(22)26/h1-8,15H,9-10H2,(H2,20,28)(H,21,23)(H,24,25). The summed E-state index contributed by atoms with van der Waals surface area (Å²) in [5, 5.41) is 11.7. The van der Waals surface area contributed by atoms with Crippen LogP contribution in [0, 0.1) is 0 Å². The Morgan fingerprint density at radius 1 is 1.14 bits per heavy atom. The summed E-state index contributed by atoms with van der Waals surface area (Å²) in [6.07, 6.45) is -1.87. The largest absolute Gasteiger partial charge is 0.478 e. The van der Waals surface area contributed by atoms with Crippen LogP contribution in [0.25, 0.3) is 0 Å². The van der Waals surface area contributed by atoms with Crippen molar-refractivity contribution in [1.82, 2.24) is 5.32 Å². The van der Waals surface area contributed by atoms with Crippen LogP contribution in [0.5, 0.6) is 0 Å². The van der Waals surface area contributed by atoms with Gasteiger partial charge in [-0.2, -0.15) is 0 Å². The smallest absolute Gasteiger partial charge is 0.415 e. The molecular weight excluding hydrogens is 382 g/mol. The molecule has 2 amide bonds. The molecule has 1 saturated heterocycles. The number of carboxylic acid groups (broad SMARTS) is 1. The van der Waals surface area contributed by atoms with Crippen LogP contribution < -0.4 is 16.0 Å². The minimum Gasteiger partial charge on any atom is -0.478 e. The number of ether oxygens (including phenoxy) is 1. The number of hydrogen-bond acceptors (Lipinski definition) is 5. The van der Waals surface area contributed by atoms with Crippen LogP contribution in [0.1, 0.15) is 21.5 Å². The second-order valence-electron chi connectivity index (χ2n) is 6.11. The van der Waals surface area contributed by atoms with Crippen molar-refractivity contribution in [1.29, 1.82) is 0 Å². The first-order chi connectivity index (χ1) is 13.3. The molecule has 144 valence electrons. The number of nitrogens with two attached hydrogens (primary N) is 1. The van der Waals surface area contributed by atoms with Crippen LogP contribution >= 0.6 is 12.2 Å². The van der Waals surface area contributed by atoms with Gasteiger partial charge < -0.3 is 20.9 Å². The molecule has 1 fully saturated rings. The highest BCUT2D eigenvalue weighted by molar-refractivity contribution is 7.80. The van der Waals surface area contributed by atoms with Gasteiger partial charge in [-0.15, -0.1) is 0 Å². The molecule has 0 aromatic heterocycles. The fourth-order valence-electron chi connectivity index (χ4n) is 2.67. The van der Waals surface area contributed by atoms with Crippen molar-refractivity contribution in [2.75, 3.05) is 11.4 Å². The van der Waals surface area contributed by atoms with E-state index in [1.54, 1.807) is 48.5 Å². The summed E-state index contributed by atoms with van der Waals surface area (Å²) >= 11 is 4.88. The van der Waals surface area contributed by atoms with E-state index < -0.39 is 18.2 Å². The summed E-state index contributed by atoms with van der Waals surface area (Å²) in [6.45, 7) is 0.241. The highest BCUT2D eigenvalue weighted by Crippen LogP contribution is 2.22. The molecule has 2 aromatic rings. The molecule has 0 radical (unpaired) electrons. The zero-order chi connectivity index (χ0) is 20.3. The van der Waals surface area contributed by atoms with E-state index in [4.69, 9.17) is 27.8 Å². The fraction of sp³-hybridized carbons (Fsp3) is 0.158. The molecule has 2 aromatic carbocycles. The van der Waals surface area contributed by atoms with Crippen molar-refractivity contribution < 1.29 is 24.2 Å². The lowest BCUT2D eigenvalue weighted by Gasteiger charge is -2.13. The van der Waals surface area contributed by atoms with Crippen molar-refractivity contribution >= 4 is 40.9 Å². The second kappa shape index (κ2) is 8.05. The Hall–Kier alpha value is -3.46. The Labute approximate surface area is 165 Å². The average Bonchev–Trinajstić information content (AvgIpc) is 3.08. The highest BCUT2D eigenvalue weighted by atomic mass is 32.1. The van der Waals surface area contributed by atoms with Crippen LogP contribution in [0.4, 0.5) is 10.5 Å². The number of amides is 2. The van der Waals surface area contributed by atoms with Crippen LogP contribution in [0.3, 0.4) is 0 Å². The molecule has 1 aliphatic heterocycles. The van der Waals surface area contributed by atoms with Gasteiger partial charge in [0, 0.05) is 23.4 Å². The molecule has 1 aliphatic rings. The summed E-state index contributed by atoms with van der Waals surface area (Å²) in [7, 11) is 0. The summed E-state index contributed by atoms with van der Waals surface area (Å²) in [5.74, 6) is -1.43. The molecule has 1 atom stereocenters. The van der Waals surface area contributed by atoms with E-state index in [0.29, 0.717) is 23.4 Å². The van der Waals surface area contributed by atoms with Crippen molar-refractivity contribution in [3.05, 3.63) is 65.2 Å². The number of nitrogens with one attached hydrogen (secondary N) is 1. The van der Waals surface area contributed by atoms with Gasteiger partial charge in [-0.3, -0.25) is 9.69 Å². The Balaban J connectivity index is 1.58. The van der Waals surface area contributed by atoms with Crippen molar-refractivity contribution in [3.63, 3.8) is 0 Å². The zero-order valence-corrected chi connectivity index (χ0v) is 15.4. The minimum absolute atomic E-state index is 0.0491. The van der Waals surface area contributed by atoms with E-state index >= 15 is 0 Å². The fourth-order valence-corrected chi connectivity index (χ4v) is 2.80. The topological polar surface area (TPSA) is 122 Å². The van der Waals surface area contributed by atoms with Gasteiger partial charge in [-0.05, 0) is 29.8 Å². The first-order valence-corrected chi connectivity index (χ1v) is 8.74. The maximum atomic E-state index is 12.2. The summed E-state index contributed by atoms with van der Waals surface area (Å²) in [4.78, 5) is 36.5. The van der Waals surface area contributed by atoms with Gasteiger partial charge >= 0.3 is 12.1 Å². The third-order valence-corrected chi connectivity index (χ3v) is 4.46. The Morgan fingerprint density at radius 2 is 1.75 bits per heavy atom. The average molecular weight is 399 g/mol. The third kappa shape index (κ3) is 4.26. The molecular formula is C19H17N3O5S. The molecule has 1 heterocycles. The molecule has 28 heavy (non-hydrogen) atoms. The number of carbonyl (C=O) groups excluding carboxylic acids is 2. The Bertz CT molecular complexity index is 928. The SMILES string of the molecule is NC(=S)c1ccc(C(=O)NCc2ccc(N3CC(C(=O)O)OC3=O)cc2)cc1. The lowest BCUT2D eigenvalue weighted by atomic mass is 10.1. The number of anilines is 1. The first kappa shape index (κ1) is 19.3. The lowest BCUT2D eigenvalue weighted by Crippen LogP contribution is -2.27. The van der Waals surface area contributed by atoms with Gasteiger partial charge in [0.15, 0.2) is 0 Å². The molecule has 1 unspecified atom stereocenters. The minimum atomic E-state index is -1.18. The van der Waals surface area contributed by atoms with E-state index in [1.165, 1.54) is 4.90 Å². The quantitative estimate of drug-likeness (QED) is 0.632. The second-order valence-corrected chi connectivity index (χ2v) is 6.55. The van der Waals surface area contributed by atoms with Gasteiger partial charge in [0.1, 0.15) is 4.99 Å². The number of aliphatic carboxylic acids is 1. The van der Waals surface area contributed by atoms with Gasteiger partial charge in [-0.25, -0.2) is 9.59 Å². The number of benzene rings is 2. The molecule has 0 bridgehead atoms. The van der Waals surface area contributed by atoms with Crippen LogP contribution in [0.15, 0.2) is 48.5 Å². The highest BCUT2D eigenvalue weighted by Gasteiger charge is 2.36. The number of nitrogens with zero attached hydrogens (tertiary/aromatic N) is 1. The normalized spacial score (nSPS) is 15.8. The molecule has 8 nitrogen and oxygen atoms in total. The van der Waals surface area contributed by atoms with Gasteiger partial charge in [0.2, 0.25) is 6.10 Å². The van der Waals surface area contributed by atoms with Gasteiger partial charge in [0.25, 0.3) is 5.91 Å². The third-order valence-electron chi connectivity index (χ3n) is 4.22. The van der Waals surface area contributed by atoms with Crippen molar-refractivity contribution in [2.45, 2.75) is 12.6 Å². The molecule has 0 spiro atoms.